The van der Waals surface area contributed by atoms with Crippen molar-refractivity contribution in [2.24, 2.45) is 5.92 Å². The molecule has 1 rings (SSSR count). The second kappa shape index (κ2) is 7.25. The van der Waals surface area contributed by atoms with E-state index in [-0.39, 0.29) is 11.7 Å². The van der Waals surface area contributed by atoms with Crippen molar-refractivity contribution in [1.82, 2.24) is 0 Å². The van der Waals surface area contributed by atoms with Gasteiger partial charge in [0.25, 0.3) is 0 Å². The Morgan fingerprint density at radius 3 is 2.06 bits per heavy atom. The van der Waals surface area contributed by atoms with Crippen molar-refractivity contribution in [3.63, 3.8) is 0 Å². The number of carbonyl (C=O) groups excluding carboxylic acids is 1. The monoisotopic (exact) mass is 240 g/mol. The molecule has 0 aliphatic heterocycles. The number of hydrogen-bond acceptors (Lipinski definition) is 3. The third-order valence-electron chi connectivity index (χ3n) is 2.92. The summed E-state index contributed by atoms with van der Waals surface area (Å²) >= 11 is 0. The third kappa shape index (κ3) is 4.03. The van der Waals surface area contributed by atoms with Gasteiger partial charge in [-0.25, -0.2) is 0 Å². The topological polar surface area (TPSA) is 64.7 Å². The highest BCUT2D eigenvalue weighted by molar-refractivity contribution is 5.97. The molecule has 0 heterocycles. The first-order valence-corrected chi connectivity index (χ1v) is 6.03. The Balaban J connectivity index is 2.78. The molecule has 0 aliphatic carbocycles. The number of ketones is 1. The van der Waals surface area contributed by atoms with E-state index in [1.807, 2.05) is 31.2 Å². The molecule has 0 N–H and O–H groups in total. The molecule has 0 aromatic heterocycles. The summed E-state index contributed by atoms with van der Waals surface area (Å²) in [5, 5.41) is 17.2. The van der Waals surface area contributed by atoms with Crippen molar-refractivity contribution in [1.29, 1.82) is 10.5 Å². The van der Waals surface area contributed by atoms with Crippen LogP contribution in [0.15, 0.2) is 24.3 Å². The van der Waals surface area contributed by atoms with Crippen LogP contribution in [0.1, 0.15) is 41.6 Å². The predicted octanol–water partition coefficient (Wildman–Crippen LogP) is 3.40. The number of aryl methyl sites for hydroxylation is 1. The molecule has 0 radical (unpaired) electrons. The Labute approximate surface area is 108 Å². The Kier molecular flexibility index (Phi) is 5.61. The summed E-state index contributed by atoms with van der Waals surface area (Å²) in [5.41, 5.74) is 1.78. The van der Waals surface area contributed by atoms with Gasteiger partial charge in [-0.15, -0.1) is 0 Å². The molecule has 1 aromatic rings. The number of nitrogens with zero attached hydrogens (tertiary/aromatic N) is 2. The molecule has 0 aliphatic rings. The summed E-state index contributed by atoms with van der Waals surface area (Å²) in [6.45, 7) is 1.97. The van der Waals surface area contributed by atoms with Gasteiger partial charge in [0, 0.05) is 24.3 Å². The highest BCUT2D eigenvalue weighted by Crippen LogP contribution is 2.19. The largest absolute Gasteiger partial charge is 0.294 e. The van der Waals surface area contributed by atoms with Crippen molar-refractivity contribution in [3.05, 3.63) is 35.4 Å². The zero-order chi connectivity index (χ0) is 13.4. The summed E-state index contributed by atoms with van der Waals surface area (Å²) in [7, 11) is 0. The minimum absolute atomic E-state index is 0.0421. The molecule has 0 amide bonds. The van der Waals surface area contributed by atoms with Gasteiger partial charge in [-0.05, 0) is 19.8 Å². The molecule has 3 nitrogen and oxygen atoms in total. The molecule has 1 aromatic carbocycles. The quantitative estimate of drug-likeness (QED) is 0.716. The number of carbonyl (C=O) groups is 1. The van der Waals surface area contributed by atoms with Crippen molar-refractivity contribution < 1.29 is 4.79 Å². The van der Waals surface area contributed by atoms with Gasteiger partial charge < -0.3 is 0 Å². The van der Waals surface area contributed by atoms with Gasteiger partial charge in [-0.3, -0.25) is 4.79 Å². The van der Waals surface area contributed by atoms with Gasteiger partial charge in [-0.1, -0.05) is 29.8 Å². The molecule has 0 bridgehead atoms. The molecule has 0 atom stereocenters. The average molecular weight is 240 g/mol. The SMILES string of the molecule is Cc1ccc(C(=O)C(CCC#N)CCC#N)cc1. The molecule has 0 saturated carbocycles. The number of rotatable bonds is 6. The molecule has 3 heteroatoms. The smallest absolute Gasteiger partial charge is 0.166 e. The molecule has 0 unspecified atom stereocenters. The third-order valence-corrected chi connectivity index (χ3v) is 2.92. The molecular formula is C15H16N2O. The Morgan fingerprint density at radius 1 is 1.11 bits per heavy atom. The first-order valence-electron chi connectivity index (χ1n) is 6.03. The Hall–Kier alpha value is -2.13. The van der Waals surface area contributed by atoms with E-state index in [2.05, 4.69) is 12.1 Å². The zero-order valence-corrected chi connectivity index (χ0v) is 10.5. The van der Waals surface area contributed by atoms with E-state index in [0.717, 1.165) is 5.56 Å². The van der Waals surface area contributed by atoms with E-state index in [0.29, 0.717) is 31.2 Å². The fourth-order valence-corrected chi connectivity index (χ4v) is 1.84. The summed E-state index contributed by atoms with van der Waals surface area (Å²) in [5.74, 6) is -0.174. The zero-order valence-electron chi connectivity index (χ0n) is 10.5. The van der Waals surface area contributed by atoms with Crippen molar-refractivity contribution >= 4 is 5.78 Å². The van der Waals surface area contributed by atoms with Crippen LogP contribution in [0.25, 0.3) is 0 Å². The van der Waals surface area contributed by atoms with Crippen LogP contribution in [0.4, 0.5) is 0 Å². The Morgan fingerprint density at radius 2 is 1.61 bits per heavy atom. The maximum absolute atomic E-state index is 12.2. The summed E-state index contributed by atoms with van der Waals surface area (Å²) in [6, 6.07) is 11.5. The molecule has 18 heavy (non-hydrogen) atoms. The maximum Gasteiger partial charge on any atom is 0.166 e. The first-order chi connectivity index (χ1) is 8.69. The molecule has 0 spiro atoms. The molecule has 0 fully saturated rings. The van der Waals surface area contributed by atoms with Gasteiger partial charge in [0.1, 0.15) is 0 Å². The Bertz CT molecular complexity index is 459. The van der Waals surface area contributed by atoms with Crippen LogP contribution >= 0.6 is 0 Å². The van der Waals surface area contributed by atoms with Crippen LogP contribution in [0.3, 0.4) is 0 Å². The van der Waals surface area contributed by atoms with E-state index in [1.54, 1.807) is 0 Å². The fourth-order valence-electron chi connectivity index (χ4n) is 1.84. The number of benzene rings is 1. The lowest BCUT2D eigenvalue weighted by molar-refractivity contribution is 0.0908. The first kappa shape index (κ1) is 13.9. The number of hydrogen-bond donors (Lipinski definition) is 0. The number of nitriles is 2. The second-order valence-electron chi connectivity index (χ2n) is 4.32. The minimum atomic E-state index is -0.216. The van der Waals surface area contributed by atoms with E-state index in [1.165, 1.54) is 0 Å². The van der Waals surface area contributed by atoms with Crippen LogP contribution in [-0.4, -0.2) is 5.78 Å². The van der Waals surface area contributed by atoms with E-state index in [9.17, 15) is 4.79 Å². The van der Waals surface area contributed by atoms with Gasteiger partial charge in [-0.2, -0.15) is 10.5 Å². The second-order valence-corrected chi connectivity index (χ2v) is 4.32. The van der Waals surface area contributed by atoms with Gasteiger partial charge in [0.15, 0.2) is 5.78 Å². The summed E-state index contributed by atoms with van der Waals surface area (Å²) in [4.78, 5) is 12.2. The van der Waals surface area contributed by atoms with Crippen molar-refractivity contribution in [2.45, 2.75) is 32.6 Å². The fraction of sp³-hybridized carbons (Fsp3) is 0.400. The van der Waals surface area contributed by atoms with E-state index in [4.69, 9.17) is 10.5 Å². The molecule has 0 saturated heterocycles. The van der Waals surface area contributed by atoms with E-state index < -0.39 is 0 Å². The lowest BCUT2D eigenvalue weighted by atomic mass is 9.89. The average Bonchev–Trinajstić information content (AvgIpc) is 2.39. The molecular weight excluding hydrogens is 224 g/mol. The predicted molar refractivity (Wildman–Crippen MR) is 68.7 cm³/mol. The highest BCUT2D eigenvalue weighted by Gasteiger charge is 2.19. The van der Waals surface area contributed by atoms with Gasteiger partial charge in [0.2, 0.25) is 0 Å². The van der Waals surface area contributed by atoms with Crippen LogP contribution in [0.2, 0.25) is 0 Å². The minimum Gasteiger partial charge on any atom is -0.294 e. The summed E-state index contributed by atoms with van der Waals surface area (Å²) < 4.78 is 0. The highest BCUT2D eigenvalue weighted by atomic mass is 16.1. The normalized spacial score (nSPS) is 9.78. The van der Waals surface area contributed by atoms with E-state index >= 15 is 0 Å². The van der Waals surface area contributed by atoms with Crippen LogP contribution in [-0.2, 0) is 0 Å². The molecule has 92 valence electrons. The number of Topliss-reactive ketones (excluding diaryl/α,β-unsaturated/α-hetero) is 1. The standard InChI is InChI=1S/C15H16N2O/c1-12-6-8-14(9-7-12)15(18)13(4-2-10-16)5-3-11-17/h6-9,13H,2-5H2,1H3. The maximum atomic E-state index is 12.2. The lowest BCUT2D eigenvalue weighted by Gasteiger charge is -2.12. The van der Waals surface area contributed by atoms with Crippen LogP contribution < -0.4 is 0 Å². The lowest BCUT2D eigenvalue weighted by Crippen LogP contribution is -2.14. The van der Waals surface area contributed by atoms with Gasteiger partial charge in [0.05, 0.1) is 12.1 Å². The van der Waals surface area contributed by atoms with Crippen molar-refractivity contribution in [3.8, 4) is 12.1 Å². The van der Waals surface area contributed by atoms with Gasteiger partial charge >= 0.3 is 0 Å². The summed E-state index contributed by atoms with van der Waals surface area (Å²) in [6.07, 6.45) is 1.77. The van der Waals surface area contributed by atoms with Crippen molar-refractivity contribution in [2.75, 3.05) is 0 Å². The van der Waals surface area contributed by atoms with Crippen LogP contribution in [0, 0.1) is 35.5 Å². The van der Waals surface area contributed by atoms with Crippen LogP contribution in [0.5, 0.6) is 0 Å².